The number of alkyl halides is 3. The zero-order chi connectivity index (χ0) is 23.8. The molecular formula is C20H20F3N5O3S2. The minimum atomic E-state index is -4.69. The van der Waals surface area contributed by atoms with Crippen LogP contribution in [0.25, 0.3) is 0 Å². The summed E-state index contributed by atoms with van der Waals surface area (Å²) >= 11 is 1.43. The molecule has 3 aliphatic rings. The Morgan fingerprint density at radius 2 is 2.03 bits per heavy atom. The van der Waals surface area contributed by atoms with Crippen LogP contribution in [-0.4, -0.2) is 54.5 Å². The number of thiazole rings is 1. The molecule has 0 radical (unpaired) electrons. The van der Waals surface area contributed by atoms with Gasteiger partial charge < -0.3 is 4.90 Å². The van der Waals surface area contributed by atoms with Gasteiger partial charge in [0.2, 0.25) is 16.0 Å². The molecule has 1 N–H and O–H groups in total. The molecule has 2 aliphatic heterocycles. The summed E-state index contributed by atoms with van der Waals surface area (Å²) in [5.41, 5.74) is -1.86. The minimum Gasteiger partial charge on any atom is -0.307 e. The lowest BCUT2D eigenvalue weighted by Crippen LogP contribution is -2.52. The molecular weight excluding hydrogens is 479 g/mol. The minimum absolute atomic E-state index is 0.0712. The largest absolute Gasteiger partial charge is 0.407 e. The lowest BCUT2D eigenvalue weighted by Gasteiger charge is -2.37. The number of nitrogens with zero attached hydrogens (tertiary/aromatic N) is 4. The summed E-state index contributed by atoms with van der Waals surface area (Å²) in [6.07, 6.45) is -3.65. The lowest BCUT2D eigenvalue weighted by molar-refractivity contribution is -0.160. The molecule has 2 aromatic rings. The van der Waals surface area contributed by atoms with Crippen LogP contribution in [0.4, 0.5) is 18.9 Å². The maximum atomic E-state index is 13.4. The Morgan fingerprint density at radius 3 is 2.64 bits per heavy atom. The number of hydrogen-bond acceptors (Lipinski definition) is 7. The van der Waals surface area contributed by atoms with Crippen LogP contribution >= 0.6 is 11.3 Å². The van der Waals surface area contributed by atoms with E-state index < -0.39 is 27.6 Å². The first-order valence-corrected chi connectivity index (χ1v) is 12.5. The fourth-order valence-electron chi connectivity index (χ4n) is 4.09. The highest BCUT2D eigenvalue weighted by Gasteiger charge is 2.65. The fraction of sp³-hybridized carbons (Fsp3) is 0.450. The lowest BCUT2D eigenvalue weighted by atomic mass is 10.1. The summed E-state index contributed by atoms with van der Waals surface area (Å²) in [4.78, 5) is 25.9. The van der Waals surface area contributed by atoms with Crippen molar-refractivity contribution in [3.05, 3.63) is 39.8 Å². The molecule has 1 aliphatic carbocycles. The van der Waals surface area contributed by atoms with Crippen LogP contribution in [0.1, 0.15) is 40.0 Å². The van der Waals surface area contributed by atoms with Gasteiger partial charge in [0.05, 0.1) is 40.3 Å². The SMILES string of the molecule is Cc1ncc(CN2C(=O)c3cc(S(=O)(=O)NC4(C(F)(F)F)CC4)ccc3N3C2=NC[C@H]3C)s1. The van der Waals surface area contributed by atoms with Crippen molar-refractivity contribution in [1.82, 2.24) is 14.6 Å². The van der Waals surface area contributed by atoms with Crippen molar-refractivity contribution in [3.8, 4) is 0 Å². The van der Waals surface area contributed by atoms with E-state index in [9.17, 15) is 26.4 Å². The first-order chi connectivity index (χ1) is 15.4. The Bertz CT molecular complexity index is 1280. The van der Waals surface area contributed by atoms with Crippen LogP contribution in [0.3, 0.4) is 0 Å². The second kappa shape index (κ2) is 7.24. The molecule has 13 heteroatoms. The smallest absolute Gasteiger partial charge is 0.307 e. The van der Waals surface area contributed by atoms with Crippen molar-refractivity contribution in [3.63, 3.8) is 0 Å². The fourth-order valence-corrected chi connectivity index (χ4v) is 6.35. The number of carbonyl (C=O) groups is 1. The van der Waals surface area contributed by atoms with E-state index in [2.05, 4.69) is 9.98 Å². The van der Waals surface area contributed by atoms with E-state index in [-0.39, 0.29) is 35.9 Å². The van der Waals surface area contributed by atoms with Crippen LogP contribution < -0.4 is 9.62 Å². The molecule has 1 saturated carbocycles. The number of carbonyl (C=O) groups excluding carboxylic acids is 1. The maximum Gasteiger partial charge on any atom is 0.407 e. The number of benzene rings is 1. The Kier molecular flexibility index (Phi) is 4.89. The summed E-state index contributed by atoms with van der Waals surface area (Å²) < 4.78 is 67.4. The number of sulfonamides is 1. The molecule has 1 atom stereocenters. The van der Waals surface area contributed by atoms with Gasteiger partial charge in [-0.05, 0) is 44.9 Å². The summed E-state index contributed by atoms with van der Waals surface area (Å²) in [6.45, 7) is 4.44. The number of anilines is 1. The summed E-state index contributed by atoms with van der Waals surface area (Å²) in [5, 5.41) is 0.839. The van der Waals surface area contributed by atoms with Gasteiger partial charge in [0, 0.05) is 11.1 Å². The van der Waals surface area contributed by atoms with Gasteiger partial charge in [-0.15, -0.1) is 11.3 Å². The Balaban J connectivity index is 1.53. The zero-order valence-corrected chi connectivity index (χ0v) is 19.3. The highest BCUT2D eigenvalue weighted by atomic mass is 32.2. The van der Waals surface area contributed by atoms with Gasteiger partial charge in [0.25, 0.3) is 5.91 Å². The van der Waals surface area contributed by atoms with Crippen LogP contribution in [0.15, 0.2) is 34.3 Å². The van der Waals surface area contributed by atoms with Crippen molar-refractivity contribution >= 4 is 38.9 Å². The average Bonchev–Trinajstić information content (AvgIpc) is 3.25. The first kappa shape index (κ1) is 22.3. The molecule has 0 saturated heterocycles. The van der Waals surface area contributed by atoms with Crippen molar-refractivity contribution in [1.29, 1.82) is 0 Å². The third-order valence-electron chi connectivity index (χ3n) is 6.01. The molecule has 33 heavy (non-hydrogen) atoms. The number of halogens is 3. The highest BCUT2D eigenvalue weighted by molar-refractivity contribution is 7.89. The Labute approximate surface area is 192 Å². The van der Waals surface area contributed by atoms with Crippen LogP contribution in [0.2, 0.25) is 0 Å². The van der Waals surface area contributed by atoms with Crippen molar-refractivity contribution in [2.75, 3.05) is 11.4 Å². The average molecular weight is 500 g/mol. The Morgan fingerprint density at radius 1 is 1.30 bits per heavy atom. The molecule has 3 heterocycles. The van der Waals surface area contributed by atoms with E-state index in [1.807, 2.05) is 23.5 Å². The number of hydrogen-bond donors (Lipinski definition) is 1. The molecule has 176 valence electrons. The van der Waals surface area contributed by atoms with E-state index in [4.69, 9.17) is 0 Å². The molecule has 5 rings (SSSR count). The van der Waals surface area contributed by atoms with Crippen molar-refractivity contribution in [2.45, 2.75) is 55.9 Å². The first-order valence-electron chi connectivity index (χ1n) is 10.2. The number of rotatable bonds is 5. The van der Waals surface area contributed by atoms with Gasteiger partial charge in [-0.25, -0.2) is 13.4 Å². The predicted molar refractivity (Wildman–Crippen MR) is 116 cm³/mol. The normalized spacial score (nSPS) is 21.7. The van der Waals surface area contributed by atoms with Crippen molar-refractivity contribution < 1.29 is 26.4 Å². The van der Waals surface area contributed by atoms with Gasteiger partial charge >= 0.3 is 6.18 Å². The van der Waals surface area contributed by atoms with Gasteiger partial charge in [0.1, 0.15) is 5.54 Å². The number of aryl methyl sites for hydroxylation is 1. The maximum absolute atomic E-state index is 13.4. The number of fused-ring (bicyclic) bond motifs is 3. The molecule has 1 fully saturated rings. The van der Waals surface area contributed by atoms with E-state index in [1.165, 1.54) is 28.4 Å². The molecule has 0 spiro atoms. The predicted octanol–water partition coefficient (Wildman–Crippen LogP) is 3.05. The Hall–Kier alpha value is -2.51. The van der Waals surface area contributed by atoms with Crippen LogP contribution in [0, 0.1) is 6.92 Å². The number of guanidine groups is 1. The zero-order valence-electron chi connectivity index (χ0n) is 17.7. The summed E-state index contributed by atoms with van der Waals surface area (Å²) in [5.74, 6) is 0.00273. The van der Waals surface area contributed by atoms with Crippen LogP contribution in [0.5, 0.6) is 0 Å². The molecule has 0 bridgehead atoms. The number of amides is 1. The van der Waals surface area contributed by atoms with Gasteiger partial charge in [-0.2, -0.15) is 17.9 Å². The van der Waals surface area contributed by atoms with Gasteiger partial charge in [-0.1, -0.05) is 0 Å². The highest BCUT2D eigenvalue weighted by Crippen LogP contribution is 2.50. The number of aliphatic imine (C=N–C) groups is 1. The van der Waals surface area contributed by atoms with E-state index in [0.717, 1.165) is 16.0 Å². The van der Waals surface area contributed by atoms with E-state index in [1.54, 1.807) is 6.20 Å². The third kappa shape index (κ3) is 3.62. The second-order valence-corrected chi connectivity index (χ2v) is 11.5. The van der Waals surface area contributed by atoms with Gasteiger partial charge in [-0.3, -0.25) is 14.7 Å². The third-order valence-corrected chi connectivity index (χ3v) is 8.44. The van der Waals surface area contributed by atoms with E-state index in [0.29, 0.717) is 18.2 Å². The van der Waals surface area contributed by atoms with Crippen molar-refractivity contribution in [2.24, 2.45) is 4.99 Å². The van der Waals surface area contributed by atoms with E-state index >= 15 is 0 Å². The molecule has 8 nitrogen and oxygen atoms in total. The topological polar surface area (TPSA) is 95.0 Å². The number of nitrogens with one attached hydrogen (secondary N) is 1. The second-order valence-electron chi connectivity index (χ2n) is 8.46. The van der Waals surface area contributed by atoms with Crippen LogP contribution in [-0.2, 0) is 16.6 Å². The molecule has 0 unspecified atom stereocenters. The monoisotopic (exact) mass is 499 g/mol. The standard InChI is InChI=1S/C20H20F3N5O3S2/c1-11-8-25-18-27(10-13-9-24-12(2)32-13)17(29)15-7-14(3-4-16(15)28(11)18)33(30,31)26-19(5-6-19)20(21,22)23/h3-4,7,9,11,26H,5-6,8,10H2,1-2H3/t11-/m1/s1. The summed E-state index contributed by atoms with van der Waals surface area (Å²) in [7, 11) is -4.50. The quantitative estimate of drug-likeness (QED) is 0.683. The summed E-state index contributed by atoms with van der Waals surface area (Å²) in [6, 6.07) is 3.77. The molecule has 1 amide bonds. The van der Waals surface area contributed by atoms with Gasteiger partial charge in [0.15, 0.2) is 0 Å². The molecule has 1 aromatic heterocycles. The number of aromatic nitrogens is 1. The molecule has 1 aromatic carbocycles.